The van der Waals surface area contributed by atoms with Gasteiger partial charge in [0.2, 0.25) is 0 Å². The summed E-state index contributed by atoms with van der Waals surface area (Å²) in [4.78, 5) is 19.6. The number of hydrogen-bond donors (Lipinski definition) is 1. The van der Waals surface area contributed by atoms with Crippen LogP contribution in [-0.4, -0.2) is 38.5 Å². The fraction of sp³-hybridized carbons (Fsp3) is 0.300. The number of pyridine rings is 2. The van der Waals surface area contributed by atoms with Crippen molar-refractivity contribution >= 4 is 11.6 Å². The molecule has 0 spiro atoms. The Morgan fingerprint density at radius 1 is 1.07 bits per heavy atom. The third-order valence-electron chi connectivity index (χ3n) is 4.70. The molecule has 3 aromatic heterocycles. The first-order chi connectivity index (χ1) is 13.3. The summed E-state index contributed by atoms with van der Waals surface area (Å²) in [5.74, 6) is 1.60. The van der Waals surface area contributed by atoms with Gasteiger partial charge in [-0.1, -0.05) is 6.07 Å². The lowest BCUT2D eigenvalue weighted by Crippen LogP contribution is -2.23. The van der Waals surface area contributed by atoms with Crippen LogP contribution in [0.3, 0.4) is 0 Å². The average Bonchev–Trinajstić information content (AvgIpc) is 3.18. The van der Waals surface area contributed by atoms with Gasteiger partial charge in [0.1, 0.15) is 11.6 Å². The van der Waals surface area contributed by atoms with Gasteiger partial charge in [-0.15, -0.1) is 0 Å². The number of anilines is 2. The number of rotatable bonds is 6. The van der Waals surface area contributed by atoms with E-state index in [4.69, 9.17) is 4.74 Å². The van der Waals surface area contributed by atoms with Gasteiger partial charge in [0.05, 0.1) is 7.11 Å². The molecule has 0 amide bonds. The van der Waals surface area contributed by atoms with Gasteiger partial charge < -0.3 is 10.1 Å². The molecule has 0 saturated carbocycles. The minimum atomic E-state index is 0.361. The Balaban J connectivity index is 1.48. The van der Waals surface area contributed by atoms with Gasteiger partial charge in [-0.2, -0.15) is 0 Å². The third kappa shape index (κ3) is 4.20. The smallest absolute Gasteiger partial charge is 0.316 e. The van der Waals surface area contributed by atoms with Crippen molar-refractivity contribution in [1.29, 1.82) is 0 Å². The molecule has 7 nitrogen and oxygen atoms in total. The maximum absolute atomic E-state index is 5.04. The highest BCUT2D eigenvalue weighted by atomic mass is 16.5. The molecule has 0 radical (unpaired) electrons. The van der Waals surface area contributed by atoms with E-state index in [0.717, 1.165) is 36.7 Å². The first-order valence-electron chi connectivity index (χ1n) is 9.05. The highest BCUT2D eigenvalue weighted by Crippen LogP contribution is 2.33. The summed E-state index contributed by atoms with van der Waals surface area (Å²) >= 11 is 0. The molecule has 138 valence electrons. The van der Waals surface area contributed by atoms with E-state index in [0.29, 0.717) is 12.1 Å². The van der Waals surface area contributed by atoms with Gasteiger partial charge >= 0.3 is 6.01 Å². The van der Waals surface area contributed by atoms with Crippen LogP contribution in [0.4, 0.5) is 11.6 Å². The Bertz CT molecular complexity index is 871. The SMILES string of the molecule is COc1ncc(CN2CCC[C@H]2c2ccnc(Nc3ccccn3)c2)cn1. The van der Waals surface area contributed by atoms with Crippen LogP contribution in [-0.2, 0) is 6.54 Å². The molecule has 3 aromatic rings. The fourth-order valence-electron chi connectivity index (χ4n) is 3.45. The Kier molecular flexibility index (Phi) is 5.20. The molecule has 27 heavy (non-hydrogen) atoms. The Morgan fingerprint density at radius 2 is 1.93 bits per heavy atom. The topological polar surface area (TPSA) is 76.1 Å². The fourth-order valence-corrected chi connectivity index (χ4v) is 3.45. The number of nitrogens with zero attached hydrogens (tertiary/aromatic N) is 5. The van der Waals surface area contributed by atoms with Crippen molar-refractivity contribution in [1.82, 2.24) is 24.8 Å². The van der Waals surface area contributed by atoms with E-state index < -0.39 is 0 Å². The van der Waals surface area contributed by atoms with Crippen molar-refractivity contribution in [3.63, 3.8) is 0 Å². The van der Waals surface area contributed by atoms with Gasteiger partial charge in [-0.3, -0.25) is 4.90 Å². The highest BCUT2D eigenvalue weighted by molar-refractivity contribution is 5.52. The molecule has 7 heteroatoms. The summed E-state index contributed by atoms with van der Waals surface area (Å²) in [6.45, 7) is 1.88. The normalized spacial score (nSPS) is 17.0. The lowest BCUT2D eigenvalue weighted by molar-refractivity contribution is 0.247. The first-order valence-corrected chi connectivity index (χ1v) is 9.05. The number of nitrogens with one attached hydrogen (secondary N) is 1. The van der Waals surface area contributed by atoms with Gasteiger partial charge in [0.15, 0.2) is 0 Å². The number of hydrogen-bond acceptors (Lipinski definition) is 7. The van der Waals surface area contributed by atoms with E-state index in [2.05, 4.69) is 42.3 Å². The molecule has 1 aliphatic rings. The van der Waals surface area contributed by atoms with Gasteiger partial charge in [0.25, 0.3) is 0 Å². The van der Waals surface area contributed by atoms with Gasteiger partial charge in [-0.05, 0) is 49.2 Å². The number of methoxy groups -OCH3 is 1. The molecule has 1 N–H and O–H groups in total. The first kappa shape index (κ1) is 17.4. The zero-order valence-electron chi connectivity index (χ0n) is 15.2. The van der Waals surface area contributed by atoms with E-state index in [1.807, 2.05) is 36.8 Å². The van der Waals surface area contributed by atoms with Crippen LogP contribution < -0.4 is 10.1 Å². The molecule has 1 atom stereocenters. The molecule has 1 aliphatic heterocycles. The molecule has 4 heterocycles. The molecule has 1 fully saturated rings. The predicted octanol–water partition coefficient (Wildman–Crippen LogP) is 3.36. The zero-order chi connectivity index (χ0) is 18.5. The number of likely N-dealkylation sites (tertiary alicyclic amines) is 1. The predicted molar refractivity (Wildman–Crippen MR) is 103 cm³/mol. The summed E-state index contributed by atoms with van der Waals surface area (Å²) < 4.78 is 5.04. The van der Waals surface area contributed by atoms with Crippen LogP contribution in [0.25, 0.3) is 0 Å². The van der Waals surface area contributed by atoms with E-state index in [-0.39, 0.29) is 0 Å². The molecule has 0 aliphatic carbocycles. The lowest BCUT2D eigenvalue weighted by atomic mass is 10.1. The van der Waals surface area contributed by atoms with E-state index in [1.54, 1.807) is 13.3 Å². The second-order valence-electron chi connectivity index (χ2n) is 6.52. The van der Waals surface area contributed by atoms with Crippen LogP contribution in [0.1, 0.15) is 30.0 Å². The van der Waals surface area contributed by atoms with Crippen LogP contribution in [0, 0.1) is 0 Å². The van der Waals surface area contributed by atoms with E-state index >= 15 is 0 Å². The van der Waals surface area contributed by atoms with Gasteiger partial charge in [0, 0.05) is 42.9 Å². The van der Waals surface area contributed by atoms with Crippen LogP contribution in [0.5, 0.6) is 6.01 Å². The van der Waals surface area contributed by atoms with Crippen molar-refractivity contribution < 1.29 is 4.74 Å². The number of aromatic nitrogens is 4. The van der Waals surface area contributed by atoms with Crippen molar-refractivity contribution in [2.45, 2.75) is 25.4 Å². The molecule has 0 bridgehead atoms. The molecule has 1 saturated heterocycles. The molecular formula is C20H22N6O. The van der Waals surface area contributed by atoms with Crippen molar-refractivity contribution in [3.05, 3.63) is 66.2 Å². The Hall–Kier alpha value is -3.06. The quantitative estimate of drug-likeness (QED) is 0.720. The van der Waals surface area contributed by atoms with Crippen molar-refractivity contribution in [3.8, 4) is 6.01 Å². The lowest BCUT2D eigenvalue weighted by Gasteiger charge is -2.25. The standard InChI is InChI=1S/C20H22N6O/c1-27-20-23-12-15(13-24-20)14-26-10-4-5-17(26)16-7-9-22-19(11-16)25-18-6-2-3-8-21-18/h2-3,6-9,11-13,17H,4-5,10,14H2,1H3,(H,21,22,25)/t17-/m0/s1. The number of ether oxygens (including phenoxy) is 1. The maximum atomic E-state index is 5.04. The maximum Gasteiger partial charge on any atom is 0.316 e. The minimum absolute atomic E-state index is 0.361. The highest BCUT2D eigenvalue weighted by Gasteiger charge is 2.26. The summed E-state index contributed by atoms with van der Waals surface area (Å²) in [5, 5.41) is 3.27. The second kappa shape index (κ2) is 8.09. The van der Waals surface area contributed by atoms with E-state index in [1.165, 1.54) is 12.0 Å². The minimum Gasteiger partial charge on any atom is -0.467 e. The largest absolute Gasteiger partial charge is 0.467 e. The monoisotopic (exact) mass is 362 g/mol. The molecular weight excluding hydrogens is 340 g/mol. The average molecular weight is 362 g/mol. The zero-order valence-corrected chi connectivity index (χ0v) is 15.2. The molecule has 0 unspecified atom stereocenters. The van der Waals surface area contributed by atoms with Crippen LogP contribution in [0.2, 0.25) is 0 Å². The van der Waals surface area contributed by atoms with Crippen molar-refractivity contribution in [2.75, 3.05) is 19.0 Å². The molecule has 0 aromatic carbocycles. The van der Waals surface area contributed by atoms with Crippen LogP contribution >= 0.6 is 0 Å². The molecule has 4 rings (SSSR count). The van der Waals surface area contributed by atoms with Crippen molar-refractivity contribution in [2.24, 2.45) is 0 Å². The van der Waals surface area contributed by atoms with Gasteiger partial charge in [-0.25, -0.2) is 19.9 Å². The summed E-state index contributed by atoms with van der Waals surface area (Å²) in [6, 6.07) is 10.7. The summed E-state index contributed by atoms with van der Waals surface area (Å²) in [7, 11) is 1.57. The summed E-state index contributed by atoms with van der Waals surface area (Å²) in [6.07, 6.45) is 9.59. The second-order valence-corrected chi connectivity index (χ2v) is 6.52. The van der Waals surface area contributed by atoms with E-state index in [9.17, 15) is 0 Å². The summed E-state index contributed by atoms with van der Waals surface area (Å²) in [5.41, 5.74) is 2.35. The van der Waals surface area contributed by atoms with Crippen LogP contribution in [0.15, 0.2) is 55.1 Å². The Morgan fingerprint density at radius 3 is 2.70 bits per heavy atom. The Labute approximate surface area is 158 Å². The third-order valence-corrected chi connectivity index (χ3v) is 4.70.